The Labute approximate surface area is 152 Å². The Kier molecular flexibility index (Phi) is 6.89. The number of hydrogen-bond donors (Lipinski definition) is 2. The molecule has 0 radical (unpaired) electrons. The molecule has 0 saturated carbocycles. The Bertz CT molecular complexity index is 732. The largest absolute Gasteiger partial charge is 0.492 e. The summed E-state index contributed by atoms with van der Waals surface area (Å²) >= 11 is 1.45. The highest BCUT2D eigenvalue weighted by Gasteiger charge is 2.16. The lowest BCUT2D eigenvalue weighted by atomic mass is 10.3. The van der Waals surface area contributed by atoms with Gasteiger partial charge in [-0.05, 0) is 50.2 Å². The van der Waals surface area contributed by atoms with Gasteiger partial charge in [-0.15, -0.1) is 11.8 Å². The fraction of sp³-hybridized carbons (Fsp3) is 0.263. The molecular weight excluding hydrogens is 336 g/mol. The van der Waals surface area contributed by atoms with Crippen molar-refractivity contribution in [3.63, 3.8) is 0 Å². The Balaban J connectivity index is 1.97. The van der Waals surface area contributed by atoms with Crippen molar-refractivity contribution in [1.82, 2.24) is 0 Å². The first-order chi connectivity index (χ1) is 12.0. The lowest BCUT2D eigenvalue weighted by Crippen LogP contribution is -2.22. The third-order valence-corrected chi connectivity index (χ3v) is 4.41. The molecule has 0 fully saturated rings. The minimum absolute atomic E-state index is 0.0944. The average molecular weight is 358 g/mol. The molecule has 0 saturated heterocycles. The predicted octanol–water partition coefficient (Wildman–Crippen LogP) is 4.16. The van der Waals surface area contributed by atoms with Crippen molar-refractivity contribution in [3.05, 3.63) is 48.5 Å². The van der Waals surface area contributed by atoms with Crippen LogP contribution < -0.4 is 15.4 Å². The van der Waals surface area contributed by atoms with E-state index in [0.29, 0.717) is 18.0 Å². The molecule has 0 heterocycles. The van der Waals surface area contributed by atoms with E-state index < -0.39 is 0 Å². The van der Waals surface area contributed by atoms with Gasteiger partial charge in [-0.1, -0.05) is 12.1 Å². The Morgan fingerprint density at radius 2 is 1.76 bits per heavy atom. The van der Waals surface area contributed by atoms with Crippen molar-refractivity contribution >= 4 is 35.0 Å². The first-order valence-electron chi connectivity index (χ1n) is 8.06. The first-order valence-corrected chi connectivity index (χ1v) is 8.94. The van der Waals surface area contributed by atoms with Crippen LogP contribution in [-0.2, 0) is 9.59 Å². The normalized spacial score (nSPS) is 11.5. The fourth-order valence-electron chi connectivity index (χ4n) is 2.16. The SMILES string of the molecule is CCOc1ccccc1NC(=O)[C@H](C)Sc1ccc(NC(C)=O)cc1. The van der Waals surface area contributed by atoms with Gasteiger partial charge in [0.2, 0.25) is 11.8 Å². The second-order valence-corrected chi connectivity index (χ2v) is 6.80. The predicted molar refractivity (Wildman–Crippen MR) is 102 cm³/mol. The fourth-order valence-corrected chi connectivity index (χ4v) is 3.03. The van der Waals surface area contributed by atoms with E-state index in [4.69, 9.17) is 4.74 Å². The smallest absolute Gasteiger partial charge is 0.237 e. The molecule has 1 atom stereocenters. The zero-order valence-electron chi connectivity index (χ0n) is 14.5. The summed E-state index contributed by atoms with van der Waals surface area (Å²) in [6.07, 6.45) is 0. The monoisotopic (exact) mass is 358 g/mol. The van der Waals surface area contributed by atoms with Crippen molar-refractivity contribution in [1.29, 1.82) is 0 Å². The molecule has 2 rings (SSSR count). The van der Waals surface area contributed by atoms with Crippen LogP contribution >= 0.6 is 11.8 Å². The van der Waals surface area contributed by atoms with Gasteiger partial charge in [0.05, 0.1) is 17.5 Å². The number of hydrogen-bond acceptors (Lipinski definition) is 4. The summed E-state index contributed by atoms with van der Waals surface area (Å²) in [6, 6.07) is 14.8. The lowest BCUT2D eigenvalue weighted by molar-refractivity contribution is -0.115. The molecule has 6 heteroatoms. The zero-order valence-corrected chi connectivity index (χ0v) is 15.4. The quantitative estimate of drug-likeness (QED) is 0.729. The molecule has 0 unspecified atom stereocenters. The summed E-state index contributed by atoms with van der Waals surface area (Å²) in [5, 5.41) is 5.35. The number of carbonyl (C=O) groups excluding carboxylic acids is 2. The maximum atomic E-state index is 12.4. The van der Waals surface area contributed by atoms with E-state index in [1.54, 1.807) is 0 Å². The number of anilines is 2. The summed E-state index contributed by atoms with van der Waals surface area (Å²) in [4.78, 5) is 24.4. The second-order valence-electron chi connectivity index (χ2n) is 5.38. The minimum atomic E-state index is -0.277. The topological polar surface area (TPSA) is 67.4 Å². The molecule has 132 valence electrons. The third-order valence-electron chi connectivity index (χ3n) is 3.30. The number of carbonyl (C=O) groups is 2. The van der Waals surface area contributed by atoms with Gasteiger partial charge in [-0.25, -0.2) is 0 Å². The summed E-state index contributed by atoms with van der Waals surface area (Å²) in [6.45, 7) is 5.76. The lowest BCUT2D eigenvalue weighted by Gasteiger charge is -2.15. The highest BCUT2D eigenvalue weighted by atomic mass is 32.2. The van der Waals surface area contributed by atoms with Crippen molar-refractivity contribution in [2.24, 2.45) is 0 Å². The van der Waals surface area contributed by atoms with E-state index in [0.717, 1.165) is 10.6 Å². The standard InChI is InChI=1S/C19H22N2O3S/c1-4-24-18-8-6-5-7-17(18)21-19(23)13(2)25-16-11-9-15(10-12-16)20-14(3)22/h5-13H,4H2,1-3H3,(H,20,22)(H,21,23)/t13-/m0/s1. The van der Waals surface area contributed by atoms with E-state index in [1.165, 1.54) is 18.7 Å². The van der Waals surface area contributed by atoms with Crippen LogP contribution in [0.4, 0.5) is 11.4 Å². The molecule has 2 amide bonds. The van der Waals surface area contributed by atoms with E-state index >= 15 is 0 Å². The van der Waals surface area contributed by atoms with Crippen LogP contribution in [0.15, 0.2) is 53.4 Å². The third kappa shape index (κ3) is 5.83. The molecule has 2 aromatic carbocycles. The number of ether oxygens (including phenoxy) is 1. The molecular formula is C19H22N2O3S. The van der Waals surface area contributed by atoms with E-state index in [9.17, 15) is 9.59 Å². The van der Waals surface area contributed by atoms with Crippen LogP contribution in [-0.4, -0.2) is 23.7 Å². The van der Waals surface area contributed by atoms with Gasteiger partial charge in [0.25, 0.3) is 0 Å². The molecule has 5 nitrogen and oxygen atoms in total. The summed E-state index contributed by atoms with van der Waals surface area (Å²) in [7, 11) is 0. The Hall–Kier alpha value is -2.47. The second kappa shape index (κ2) is 9.13. The Morgan fingerprint density at radius 3 is 2.40 bits per heavy atom. The van der Waals surface area contributed by atoms with Crippen molar-refractivity contribution in [3.8, 4) is 5.75 Å². The van der Waals surface area contributed by atoms with Gasteiger partial charge in [-0.3, -0.25) is 9.59 Å². The maximum Gasteiger partial charge on any atom is 0.237 e. The molecule has 0 aromatic heterocycles. The molecule has 2 N–H and O–H groups in total. The van der Waals surface area contributed by atoms with Crippen LogP contribution in [0.1, 0.15) is 20.8 Å². The number of thioether (sulfide) groups is 1. The first kappa shape index (κ1) is 18.9. The van der Waals surface area contributed by atoms with Crippen LogP contribution in [0.3, 0.4) is 0 Å². The minimum Gasteiger partial charge on any atom is -0.492 e. The van der Waals surface area contributed by atoms with Gasteiger partial charge in [0, 0.05) is 17.5 Å². The van der Waals surface area contributed by atoms with E-state index in [-0.39, 0.29) is 17.1 Å². The number of amides is 2. The molecule has 25 heavy (non-hydrogen) atoms. The number of nitrogens with one attached hydrogen (secondary N) is 2. The zero-order chi connectivity index (χ0) is 18.2. The van der Waals surface area contributed by atoms with Crippen molar-refractivity contribution < 1.29 is 14.3 Å². The average Bonchev–Trinajstić information content (AvgIpc) is 2.58. The van der Waals surface area contributed by atoms with Gasteiger partial charge in [0.1, 0.15) is 5.75 Å². The van der Waals surface area contributed by atoms with Crippen LogP contribution in [0.2, 0.25) is 0 Å². The molecule has 0 aliphatic carbocycles. The Morgan fingerprint density at radius 1 is 1.08 bits per heavy atom. The number of para-hydroxylation sites is 2. The molecule has 0 aliphatic rings. The van der Waals surface area contributed by atoms with Gasteiger partial charge in [-0.2, -0.15) is 0 Å². The van der Waals surface area contributed by atoms with E-state index in [1.807, 2.05) is 62.4 Å². The van der Waals surface area contributed by atoms with Gasteiger partial charge >= 0.3 is 0 Å². The molecule has 0 aliphatic heterocycles. The number of rotatable bonds is 7. The molecule has 0 spiro atoms. The number of benzene rings is 2. The van der Waals surface area contributed by atoms with Crippen LogP contribution in [0.25, 0.3) is 0 Å². The van der Waals surface area contributed by atoms with Crippen molar-refractivity contribution in [2.75, 3.05) is 17.2 Å². The summed E-state index contributed by atoms with van der Waals surface area (Å²) < 4.78 is 5.52. The highest BCUT2D eigenvalue weighted by Crippen LogP contribution is 2.28. The summed E-state index contributed by atoms with van der Waals surface area (Å²) in [5.74, 6) is 0.458. The van der Waals surface area contributed by atoms with Crippen LogP contribution in [0.5, 0.6) is 5.75 Å². The molecule has 0 bridgehead atoms. The van der Waals surface area contributed by atoms with Gasteiger partial charge < -0.3 is 15.4 Å². The van der Waals surface area contributed by atoms with E-state index in [2.05, 4.69) is 10.6 Å². The molecule has 2 aromatic rings. The van der Waals surface area contributed by atoms with Gasteiger partial charge in [0.15, 0.2) is 0 Å². The highest BCUT2D eigenvalue weighted by molar-refractivity contribution is 8.00. The summed E-state index contributed by atoms with van der Waals surface area (Å²) in [5.41, 5.74) is 1.41. The van der Waals surface area contributed by atoms with Crippen LogP contribution in [0, 0.1) is 0 Å². The maximum absolute atomic E-state index is 12.4. The van der Waals surface area contributed by atoms with Crippen molar-refractivity contribution in [2.45, 2.75) is 30.9 Å².